The summed E-state index contributed by atoms with van der Waals surface area (Å²) in [7, 11) is -4.23. The number of rotatable bonds is 6. The van der Waals surface area contributed by atoms with E-state index in [1.54, 1.807) is 0 Å². The van der Waals surface area contributed by atoms with Gasteiger partial charge in [-0.15, -0.1) is 0 Å². The first-order valence-corrected chi connectivity index (χ1v) is 8.96. The molecule has 140 valence electrons. The maximum Gasteiger partial charge on any atom is 0.336 e. The molecule has 0 saturated heterocycles. The molecule has 0 spiro atoms. The van der Waals surface area contributed by atoms with E-state index < -0.39 is 33.3 Å². The van der Waals surface area contributed by atoms with Crippen LogP contribution in [0.2, 0.25) is 0 Å². The number of aromatic carboxylic acids is 2. The summed E-state index contributed by atoms with van der Waals surface area (Å²) in [5.74, 6) is -4.02. The van der Waals surface area contributed by atoms with E-state index in [-0.39, 0.29) is 32.0 Å². The molecule has 2 N–H and O–H groups in total. The Morgan fingerprint density at radius 1 is 0.667 bits per heavy atom. The highest BCUT2D eigenvalue weighted by Crippen LogP contribution is 2.26. The molecule has 0 bridgehead atoms. The Morgan fingerprint density at radius 2 is 1.00 bits per heavy atom. The fourth-order valence-corrected chi connectivity index (χ4v) is 3.79. The van der Waals surface area contributed by atoms with Crippen LogP contribution in [0.25, 0.3) is 0 Å². The van der Waals surface area contributed by atoms with Crippen LogP contribution in [0.4, 0.5) is 0 Å². The summed E-state index contributed by atoms with van der Waals surface area (Å²) in [6.45, 7) is 2.21. The number of hydrogen-bond acceptors (Lipinski definition) is 6. The summed E-state index contributed by atoms with van der Waals surface area (Å²) < 4.78 is 25.7. The zero-order valence-corrected chi connectivity index (χ0v) is 15.0. The first kappa shape index (κ1) is 20.0. The SMILES string of the molecule is CC(=O)c1cc(S(=O)(=O)c2ccc(C(=O)O)c(C(C)=O)c2)ccc1C(=O)O. The molecule has 0 unspecified atom stereocenters. The second kappa shape index (κ2) is 7.12. The van der Waals surface area contributed by atoms with Crippen molar-refractivity contribution in [3.05, 3.63) is 58.7 Å². The van der Waals surface area contributed by atoms with Crippen molar-refractivity contribution in [3.63, 3.8) is 0 Å². The van der Waals surface area contributed by atoms with Crippen LogP contribution in [0.15, 0.2) is 46.2 Å². The zero-order chi connectivity index (χ0) is 20.5. The summed E-state index contributed by atoms with van der Waals surface area (Å²) in [5.41, 5.74) is -1.24. The van der Waals surface area contributed by atoms with Crippen molar-refractivity contribution in [2.45, 2.75) is 23.6 Å². The molecule has 0 aromatic heterocycles. The molecule has 8 nitrogen and oxygen atoms in total. The number of carbonyl (C=O) groups excluding carboxylic acids is 2. The molecular weight excluding hydrogens is 376 g/mol. The van der Waals surface area contributed by atoms with Crippen molar-refractivity contribution < 1.29 is 37.8 Å². The molecule has 0 fully saturated rings. The molecule has 2 rings (SSSR count). The third-order valence-corrected chi connectivity index (χ3v) is 5.57. The number of Topliss-reactive ketones (excluding diaryl/α,β-unsaturated/α-hetero) is 2. The summed E-state index contributed by atoms with van der Waals surface area (Å²) in [5, 5.41) is 18.2. The predicted octanol–water partition coefficient (Wildman–Crippen LogP) is 2.32. The predicted molar refractivity (Wildman–Crippen MR) is 92.3 cm³/mol. The van der Waals surface area contributed by atoms with Crippen LogP contribution in [0.1, 0.15) is 55.3 Å². The number of sulfone groups is 1. The number of carboxylic acid groups (broad SMARTS) is 2. The summed E-state index contributed by atoms with van der Waals surface area (Å²) in [6, 6.07) is 5.96. The van der Waals surface area contributed by atoms with E-state index in [1.165, 1.54) is 0 Å². The number of carbonyl (C=O) groups is 4. The summed E-state index contributed by atoms with van der Waals surface area (Å²) >= 11 is 0. The Labute approximate surface area is 154 Å². The van der Waals surface area contributed by atoms with Crippen LogP contribution in [0, 0.1) is 0 Å². The Kier molecular flexibility index (Phi) is 5.27. The van der Waals surface area contributed by atoms with E-state index in [1.807, 2.05) is 0 Å². The van der Waals surface area contributed by atoms with Gasteiger partial charge in [-0.2, -0.15) is 0 Å². The van der Waals surface area contributed by atoms with Gasteiger partial charge in [0.05, 0.1) is 20.9 Å². The van der Waals surface area contributed by atoms with Crippen molar-refractivity contribution >= 4 is 33.3 Å². The third-order valence-electron chi connectivity index (χ3n) is 3.82. The molecule has 0 amide bonds. The van der Waals surface area contributed by atoms with Gasteiger partial charge in [0, 0.05) is 11.1 Å². The van der Waals surface area contributed by atoms with E-state index in [0.29, 0.717) is 0 Å². The van der Waals surface area contributed by atoms with Gasteiger partial charge in [0.15, 0.2) is 11.6 Å². The molecule has 0 aliphatic heterocycles. The highest BCUT2D eigenvalue weighted by Gasteiger charge is 2.24. The summed E-state index contributed by atoms with van der Waals surface area (Å²) in [4.78, 5) is 45.0. The lowest BCUT2D eigenvalue weighted by Crippen LogP contribution is -2.11. The van der Waals surface area contributed by atoms with E-state index in [4.69, 9.17) is 10.2 Å². The largest absolute Gasteiger partial charge is 0.478 e. The number of ketones is 2. The first-order chi connectivity index (χ1) is 12.5. The zero-order valence-electron chi connectivity index (χ0n) is 14.2. The van der Waals surface area contributed by atoms with Gasteiger partial charge in [-0.05, 0) is 50.2 Å². The van der Waals surface area contributed by atoms with Crippen molar-refractivity contribution in [1.82, 2.24) is 0 Å². The third kappa shape index (κ3) is 3.77. The fourth-order valence-electron chi connectivity index (χ4n) is 2.47. The number of hydrogen-bond donors (Lipinski definition) is 2. The first-order valence-electron chi connectivity index (χ1n) is 7.48. The Hall–Kier alpha value is -3.33. The van der Waals surface area contributed by atoms with Crippen molar-refractivity contribution in [3.8, 4) is 0 Å². The Balaban J connectivity index is 2.69. The molecule has 2 aromatic rings. The van der Waals surface area contributed by atoms with Crippen molar-refractivity contribution in [2.24, 2.45) is 0 Å². The van der Waals surface area contributed by atoms with Crippen molar-refractivity contribution in [2.75, 3.05) is 0 Å². The lowest BCUT2D eigenvalue weighted by Gasteiger charge is -2.10. The standard InChI is InChI=1S/C18H14O8S/c1-9(19)15-7-11(3-5-13(15)17(21)22)27(25,26)12-4-6-14(18(23)24)16(8-12)10(2)20/h3-8H,1-2H3,(H,21,22)(H,23,24). The van der Waals surface area contributed by atoms with Gasteiger partial charge < -0.3 is 10.2 Å². The maximum atomic E-state index is 12.8. The molecule has 0 aliphatic rings. The van der Waals surface area contributed by atoms with Gasteiger partial charge in [0.1, 0.15) is 0 Å². The molecular formula is C18H14O8S. The van der Waals surface area contributed by atoms with Gasteiger partial charge in [0.2, 0.25) is 9.84 Å². The molecule has 0 saturated carbocycles. The lowest BCUT2D eigenvalue weighted by molar-refractivity contribution is 0.0683. The van der Waals surface area contributed by atoms with Crippen LogP contribution in [-0.2, 0) is 9.84 Å². The normalized spacial score (nSPS) is 11.0. The van der Waals surface area contributed by atoms with Crippen LogP contribution in [0.3, 0.4) is 0 Å². The van der Waals surface area contributed by atoms with E-state index in [0.717, 1.165) is 50.2 Å². The monoisotopic (exact) mass is 390 g/mol. The number of carboxylic acids is 2. The molecule has 2 aromatic carbocycles. The Morgan fingerprint density at radius 3 is 1.26 bits per heavy atom. The lowest BCUT2D eigenvalue weighted by atomic mass is 10.0. The smallest absolute Gasteiger partial charge is 0.336 e. The molecule has 9 heteroatoms. The topological polar surface area (TPSA) is 143 Å². The quantitative estimate of drug-likeness (QED) is 0.715. The minimum absolute atomic E-state index is 0.280. The van der Waals surface area contributed by atoms with Crippen LogP contribution in [0.5, 0.6) is 0 Å². The second-order valence-corrected chi connectivity index (χ2v) is 7.59. The molecule has 0 aliphatic carbocycles. The minimum atomic E-state index is -4.23. The second-order valence-electron chi connectivity index (χ2n) is 5.64. The average Bonchev–Trinajstić information content (AvgIpc) is 2.60. The van der Waals surface area contributed by atoms with Gasteiger partial charge in [0.25, 0.3) is 0 Å². The maximum absolute atomic E-state index is 12.8. The van der Waals surface area contributed by atoms with Crippen LogP contribution in [-0.4, -0.2) is 42.1 Å². The van der Waals surface area contributed by atoms with Gasteiger partial charge >= 0.3 is 11.9 Å². The van der Waals surface area contributed by atoms with Crippen LogP contribution < -0.4 is 0 Å². The fraction of sp³-hybridized carbons (Fsp3) is 0.111. The van der Waals surface area contributed by atoms with Gasteiger partial charge in [-0.1, -0.05) is 0 Å². The van der Waals surface area contributed by atoms with Crippen molar-refractivity contribution in [1.29, 1.82) is 0 Å². The highest BCUT2D eigenvalue weighted by molar-refractivity contribution is 7.91. The number of benzene rings is 2. The molecule has 0 radical (unpaired) electrons. The molecule has 0 atom stereocenters. The van der Waals surface area contributed by atoms with Crippen LogP contribution >= 0.6 is 0 Å². The minimum Gasteiger partial charge on any atom is -0.478 e. The average molecular weight is 390 g/mol. The van der Waals surface area contributed by atoms with E-state index in [2.05, 4.69) is 0 Å². The molecule has 0 heterocycles. The summed E-state index contributed by atoms with van der Waals surface area (Å²) in [6.07, 6.45) is 0. The highest BCUT2D eigenvalue weighted by atomic mass is 32.2. The molecule has 27 heavy (non-hydrogen) atoms. The Bertz CT molecular complexity index is 1010. The van der Waals surface area contributed by atoms with E-state index >= 15 is 0 Å². The van der Waals surface area contributed by atoms with Gasteiger partial charge in [-0.3, -0.25) is 9.59 Å². The van der Waals surface area contributed by atoms with Gasteiger partial charge in [-0.25, -0.2) is 18.0 Å². The van der Waals surface area contributed by atoms with E-state index in [9.17, 15) is 27.6 Å².